The van der Waals surface area contributed by atoms with E-state index in [-0.39, 0.29) is 10.8 Å². The molecule has 3 aromatic rings. The average molecular weight is 428 g/mol. The van der Waals surface area contributed by atoms with Crippen LogP contribution in [0.15, 0.2) is 59.8 Å². The molecule has 0 atom stereocenters. The maximum absolute atomic E-state index is 12.4. The molecule has 3 rings (SSSR count). The fourth-order valence-corrected chi connectivity index (χ4v) is 4.08. The van der Waals surface area contributed by atoms with Crippen molar-refractivity contribution in [3.05, 3.63) is 71.5 Å². The predicted octanol–water partition coefficient (Wildman–Crippen LogP) is 4.01. The van der Waals surface area contributed by atoms with E-state index in [1.165, 1.54) is 30.1 Å². The normalized spacial score (nSPS) is 11.0. The van der Waals surface area contributed by atoms with Gasteiger partial charge in [0.2, 0.25) is 5.95 Å². The van der Waals surface area contributed by atoms with Gasteiger partial charge < -0.3 is 10.6 Å². The Morgan fingerprint density at radius 2 is 1.52 bits per heavy atom. The van der Waals surface area contributed by atoms with Crippen molar-refractivity contribution in [2.45, 2.75) is 25.7 Å². The monoisotopic (exact) mass is 427 g/mol. The minimum absolute atomic E-state index is 0.0175. The molecule has 2 aromatic carbocycles. The third-order valence-corrected chi connectivity index (χ3v) is 5.68. The highest BCUT2D eigenvalue weighted by molar-refractivity contribution is 7.92. The molecule has 3 N–H and O–H groups in total. The minimum atomic E-state index is -3.77. The molecular formula is C20H21N5O2S2. The first-order valence-electron chi connectivity index (χ1n) is 8.80. The quantitative estimate of drug-likeness (QED) is 0.529. The molecule has 0 bridgehead atoms. The Morgan fingerprint density at radius 1 is 0.931 bits per heavy atom. The fourth-order valence-electron chi connectivity index (χ4n) is 2.90. The van der Waals surface area contributed by atoms with E-state index < -0.39 is 10.0 Å². The SMILES string of the molecule is Cc1cc(C)c(NC(=S)Nc2ccc(S(=O)(=O)Nc3ncccn3)cc2)c(C)c1. The Kier molecular flexibility index (Phi) is 6.09. The maximum atomic E-state index is 12.4. The second-order valence-electron chi connectivity index (χ2n) is 6.56. The van der Waals surface area contributed by atoms with E-state index >= 15 is 0 Å². The summed E-state index contributed by atoms with van der Waals surface area (Å²) in [6.45, 7) is 6.09. The molecule has 150 valence electrons. The van der Waals surface area contributed by atoms with Crippen LogP contribution in [0, 0.1) is 20.8 Å². The summed E-state index contributed by atoms with van der Waals surface area (Å²) in [6, 6.07) is 12.0. The Morgan fingerprint density at radius 3 is 2.10 bits per heavy atom. The van der Waals surface area contributed by atoms with E-state index in [4.69, 9.17) is 12.2 Å². The van der Waals surface area contributed by atoms with Gasteiger partial charge in [-0.05, 0) is 74.4 Å². The van der Waals surface area contributed by atoms with Crippen LogP contribution in [0.1, 0.15) is 16.7 Å². The van der Waals surface area contributed by atoms with Crippen molar-refractivity contribution in [1.29, 1.82) is 0 Å². The van der Waals surface area contributed by atoms with Crippen LogP contribution in [0.3, 0.4) is 0 Å². The Bertz CT molecular complexity index is 1110. The lowest BCUT2D eigenvalue weighted by molar-refractivity contribution is 0.601. The molecule has 0 saturated heterocycles. The first-order valence-corrected chi connectivity index (χ1v) is 10.7. The molecule has 0 aliphatic heterocycles. The molecule has 0 radical (unpaired) electrons. The standard InChI is InChI=1S/C20H21N5O2S2/c1-13-11-14(2)18(15(3)12-13)24-20(28)23-16-5-7-17(8-6-16)29(26,27)25-19-21-9-4-10-22-19/h4-12H,1-3H3,(H,21,22,25)(H2,23,24,28). The van der Waals surface area contributed by atoms with Gasteiger partial charge in [0.15, 0.2) is 5.11 Å². The zero-order valence-corrected chi connectivity index (χ0v) is 17.9. The van der Waals surface area contributed by atoms with Gasteiger partial charge in [0, 0.05) is 23.8 Å². The third kappa shape index (κ3) is 5.27. The number of anilines is 3. The molecule has 0 aliphatic carbocycles. The van der Waals surface area contributed by atoms with Gasteiger partial charge in [-0.1, -0.05) is 17.7 Å². The number of nitrogens with zero attached hydrogens (tertiary/aromatic N) is 2. The zero-order valence-electron chi connectivity index (χ0n) is 16.2. The highest BCUT2D eigenvalue weighted by atomic mass is 32.2. The summed E-state index contributed by atoms with van der Waals surface area (Å²) in [5, 5.41) is 6.70. The van der Waals surface area contributed by atoms with Gasteiger partial charge >= 0.3 is 0 Å². The third-order valence-electron chi connectivity index (χ3n) is 4.13. The largest absolute Gasteiger partial charge is 0.332 e. The Hall–Kier alpha value is -3.04. The summed E-state index contributed by atoms with van der Waals surface area (Å²) in [4.78, 5) is 7.83. The second-order valence-corrected chi connectivity index (χ2v) is 8.65. The van der Waals surface area contributed by atoms with Crippen molar-refractivity contribution in [2.24, 2.45) is 0 Å². The maximum Gasteiger partial charge on any atom is 0.264 e. The highest BCUT2D eigenvalue weighted by Crippen LogP contribution is 2.22. The lowest BCUT2D eigenvalue weighted by Gasteiger charge is -2.16. The van der Waals surface area contributed by atoms with Crippen LogP contribution in [0.5, 0.6) is 0 Å². The van der Waals surface area contributed by atoms with Gasteiger partial charge in [0.05, 0.1) is 4.90 Å². The van der Waals surface area contributed by atoms with Crippen LogP contribution in [0.4, 0.5) is 17.3 Å². The van der Waals surface area contributed by atoms with E-state index in [0.717, 1.165) is 16.8 Å². The number of aromatic nitrogens is 2. The predicted molar refractivity (Wildman–Crippen MR) is 120 cm³/mol. The van der Waals surface area contributed by atoms with E-state index in [1.54, 1.807) is 18.2 Å². The number of hydrogen-bond acceptors (Lipinski definition) is 5. The molecule has 0 saturated carbocycles. The molecular weight excluding hydrogens is 406 g/mol. The molecule has 0 spiro atoms. The summed E-state index contributed by atoms with van der Waals surface area (Å²) < 4.78 is 27.2. The van der Waals surface area contributed by atoms with Gasteiger partial charge in [0.25, 0.3) is 10.0 Å². The number of sulfonamides is 1. The number of hydrogen-bond donors (Lipinski definition) is 3. The van der Waals surface area contributed by atoms with Crippen molar-refractivity contribution in [2.75, 3.05) is 15.4 Å². The molecule has 0 unspecified atom stereocenters. The fraction of sp³-hybridized carbons (Fsp3) is 0.150. The summed E-state index contributed by atoms with van der Waals surface area (Å²) in [6.07, 6.45) is 2.92. The molecule has 0 aliphatic rings. The summed E-state index contributed by atoms with van der Waals surface area (Å²) in [5.74, 6) is 0.0175. The first-order chi connectivity index (χ1) is 13.7. The van der Waals surface area contributed by atoms with E-state index in [2.05, 4.69) is 44.4 Å². The molecule has 0 amide bonds. The molecule has 9 heteroatoms. The number of benzene rings is 2. The average Bonchev–Trinajstić information content (AvgIpc) is 2.65. The van der Waals surface area contributed by atoms with E-state index in [0.29, 0.717) is 10.8 Å². The van der Waals surface area contributed by atoms with Crippen LogP contribution in [-0.2, 0) is 10.0 Å². The molecule has 29 heavy (non-hydrogen) atoms. The van der Waals surface area contributed by atoms with Crippen LogP contribution >= 0.6 is 12.2 Å². The van der Waals surface area contributed by atoms with Crippen LogP contribution in [-0.4, -0.2) is 23.5 Å². The van der Waals surface area contributed by atoms with Crippen LogP contribution in [0.25, 0.3) is 0 Å². The van der Waals surface area contributed by atoms with E-state index in [9.17, 15) is 8.42 Å². The molecule has 1 aromatic heterocycles. The lowest BCUT2D eigenvalue weighted by Crippen LogP contribution is -2.20. The topological polar surface area (TPSA) is 96.0 Å². The van der Waals surface area contributed by atoms with Gasteiger partial charge in [0.1, 0.15) is 0 Å². The molecule has 0 fully saturated rings. The Labute approximate surface area is 175 Å². The van der Waals surface area contributed by atoms with Gasteiger partial charge in [-0.15, -0.1) is 0 Å². The number of rotatable bonds is 5. The number of nitrogens with one attached hydrogen (secondary N) is 3. The van der Waals surface area contributed by atoms with Crippen molar-refractivity contribution in [1.82, 2.24) is 9.97 Å². The van der Waals surface area contributed by atoms with Crippen molar-refractivity contribution < 1.29 is 8.42 Å². The summed E-state index contributed by atoms with van der Waals surface area (Å²) in [7, 11) is -3.77. The first kappa shape index (κ1) is 20.7. The van der Waals surface area contributed by atoms with E-state index in [1.807, 2.05) is 13.8 Å². The minimum Gasteiger partial charge on any atom is -0.332 e. The Balaban J connectivity index is 1.68. The van der Waals surface area contributed by atoms with Crippen LogP contribution < -0.4 is 15.4 Å². The molecule has 7 nitrogen and oxygen atoms in total. The summed E-state index contributed by atoms with van der Waals surface area (Å²) >= 11 is 5.39. The van der Waals surface area contributed by atoms with Gasteiger partial charge in [-0.2, -0.15) is 0 Å². The smallest absolute Gasteiger partial charge is 0.264 e. The van der Waals surface area contributed by atoms with Crippen molar-refractivity contribution in [3.63, 3.8) is 0 Å². The van der Waals surface area contributed by atoms with Crippen molar-refractivity contribution >= 4 is 44.7 Å². The second kappa shape index (κ2) is 8.54. The summed E-state index contributed by atoms with van der Waals surface area (Å²) in [5.41, 5.74) is 5.01. The van der Waals surface area contributed by atoms with Gasteiger partial charge in [-0.3, -0.25) is 0 Å². The molecule has 1 heterocycles. The highest BCUT2D eigenvalue weighted by Gasteiger charge is 2.15. The van der Waals surface area contributed by atoms with Gasteiger partial charge in [-0.25, -0.2) is 23.1 Å². The van der Waals surface area contributed by atoms with Crippen LogP contribution in [0.2, 0.25) is 0 Å². The number of aryl methyl sites for hydroxylation is 3. The lowest BCUT2D eigenvalue weighted by atomic mass is 10.1. The van der Waals surface area contributed by atoms with Crippen molar-refractivity contribution in [3.8, 4) is 0 Å². The zero-order chi connectivity index (χ0) is 21.0. The number of thiocarbonyl (C=S) groups is 1.